The van der Waals surface area contributed by atoms with Gasteiger partial charge in [0.15, 0.2) is 0 Å². The molecule has 0 fully saturated rings. The summed E-state index contributed by atoms with van der Waals surface area (Å²) in [6.07, 6.45) is 2.79. The Kier molecular flexibility index (Phi) is 6.07. The molecule has 126 valence electrons. The molecule has 0 amide bonds. The molecule has 4 heteroatoms. The molecule has 3 nitrogen and oxygen atoms in total. The van der Waals surface area contributed by atoms with Crippen LogP contribution in [0.25, 0.3) is 5.57 Å². The molecule has 1 N–H and O–H groups in total. The first kappa shape index (κ1) is 17.2. The second-order valence-electron chi connectivity index (χ2n) is 6.03. The molecule has 1 aliphatic heterocycles. The molecule has 0 bridgehead atoms. The summed E-state index contributed by atoms with van der Waals surface area (Å²) in [4.78, 5) is 2.27. The summed E-state index contributed by atoms with van der Waals surface area (Å²) >= 11 is 3.42. The van der Waals surface area contributed by atoms with Gasteiger partial charge in [-0.25, -0.2) is 0 Å². The number of hydrogen-bond acceptors (Lipinski definition) is 3. The van der Waals surface area contributed by atoms with Gasteiger partial charge in [-0.1, -0.05) is 58.4 Å². The van der Waals surface area contributed by atoms with Gasteiger partial charge in [0.1, 0.15) is 18.5 Å². The maximum absolute atomic E-state index is 10.2. The van der Waals surface area contributed by atoms with Crippen LogP contribution in [0.15, 0.2) is 65.1 Å². The highest BCUT2D eigenvalue weighted by atomic mass is 79.9. The summed E-state index contributed by atoms with van der Waals surface area (Å²) < 4.78 is 6.63. The van der Waals surface area contributed by atoms with Gasteiger partial charge in [0.25, 0.3) is 0 Å². The minimum absolute atomic E-state index is 0.308. The molecule has 2 aromatic carbocycles. The molecule has 2 aromatic rings. The van der Waals surface area contributed by atoms with Crippen molar-refractivity contribution in [2.75, 3.05) is 26.2 Å². The number of halogens is 1. The SMILES string of the molecule is OC(COc1cccc(Br)c1)CN1CC=C(c2ccccc2)CC1. The number of hydrogen-bond donors (Lipinski definition) is 1. The van der Waals surface area contributed by atoms with Gasteiger partial charge in [0, 0.05) is 24.1 Å². The van der Waals surface area contributed by atoms with E-state index in [-0.39, 0.29) is 0 Å². The van der Waals surface area contributed by atoms with Crippen LogP contribution in [0, 0.1) is 0 Å². The standard InChI is InChI=1S/C20H22BrNO2/c21-18-7-4-8-20(13-18)24-15-19(23)14-22-11-9-17(10-12-22)16-5-2-1-3-6-16/h1-9,13,19,23H,10-12,14-15H2. The molecule has 0 saturated heterocycles. The Morgan fingerprint density at radius 2 is 1.96 bits per heavy atom. The van der Waals surface area contributed by atoms with Crippen molar-refractivity contribution in [1.82, 2.24) is 4.90 Å². The van der Waals surface area contributed by atoms with Gasteiger partial charge in [-0.3, -0.25) is 4.90 Å². The van der Waals surface area contributed by atoms with E-state index in [9.17, 15) is 5.11 Å². The Balaban J connectivity index is 1.46. The molecular weight excluding hydrogens is 366 g/mol. The minimum atomic E-state index is -0.490. The molecule has 3 rings (SSSR count). The topological polar surface area (TPSA) is 32.7 Å². The van der Waals surface area contributed by atoms with E-state index >= 15 is 0 Å². The van der Waals surface area contributed by atoms with Crippen LogP contribution in [0.1, 0.15) is 12.0 Å². The quantitative estimate of drug-likeness (QED) is 0.813. The van der Waals surface area contributed by atoms with Crippen molar-refractivity contribution in [2.24, 2.45) is 0 Å². The number of nitrogens with zero attached hydrogens (tertiary/aromatic N) is 1. The highest BCUT2D eigenvalue weighted by molar-refractivity contribution is 9.10. The largest absolute Gasteiger partial charge is 0.491 e. The first-order valence-corrected chi connectivity index (χ1v) is 9.03. The number of benzene rings is 2. The fourth-order valence-corrected chi connectivity index (χ4v) is 3.27. The lowest BCUT2D eigenvalue weighted by atomic mass is 9.99. The minimum Gasteiger partial charge on any atom is -0.491 e. The zero-order valence-corrected chi connectivity index (χ0v) is 15.2. The van der Waals surface area contributed by atoms with Crippen LogP contribution in [-0.2, 0) is 0 Å². The summed E-state index contributed by atoms with van der Waals surface area (Å²) in [7, 11) is 0. The van der Waals surface area contributed by atoms with Gasteiger partial charge in [-0.05, 0) is 35.8 Å². The number of ether oxygens (including phenoxy) is 1. The fourth-order valence-electron chi connectivity index (χ4n) is 2.89. The first-order chi connectivity index (χ1) is 11.7. The van der Waals surface area contributed by atoms with E-state index in [1.807, 2.05) is 30.3 Å². The first-order valence-electron chi connectivity index (χ1n) is 8.24. The van der Waals surface area contributed by atoms with Crippen molar-refractivity contribution in [3.05, 3.63) is 70.7 Å². The van der Waals surface area contributed by atoms with Gasteiger partial charge >= 0.3 is 0 Å². The van der Waals surface area contributed by atoms with E-state index in [0.717, 1.165) is 29.7 Å². The zero-order valence-electron chi connectivity index (χ0n) is 13.6. The second kappa shape index (κ2) is 8.47. The number of rotatable bonds is 6. The van der Waals surface area contributed by atoms with Crippen LogP contribution in [0.3, 0.4) is 0 Å². The summed E-state index contributed by atoms with van der Waals surface area (Å²) in [5.74, 6) is 0.772. The van der Waals surface area contributed by atoms with Crippen LogP contribution in [-0.4, -0.2) is 42.4 Å². The van der Waals surface area contributed by atoms with Crippen molar-refractivity contribution in [3.8, 4) is 5.75 Å². The second-order valence-corrected chi connectivity index (χ2v) is 6.94. The molecule has 1 heterocycles. The Labute approximate surface area is 151 Å². The Bertz CT molecular complexity index is 687. The molecule has 0 aromatic heterocycles. The Morgan fingerprint density at radius 1 is 1.12 bits per heavy atom. The molecule has 0 spiro atoms. The van der Waals surface area contributed by atoms with Crippen molar-refractivity contribution in [3.63, 3.8) is 0 Å². The van der Waals surface area contributed by atoms with Crippen molar-refractivity contribution >= 4 is 21.5 Å². The van der Waals surface area contributed by atoms with Crippen LogP contribution >= 0.6 is 15.9 Å². The smallest absolute Gasteiger partial charge is 0.120 e. The average molecular weight is 388 g/mol. The Morgan fingerprint density at radius 3 is 2.67 bits per heavy atom. The van der Waals surface area contributed by atoms with Crippen molar-refractivity contribution in [2.45, 2.75) is 12.5 Å². The van der Waals surface area contributed by atoms with E-state index in [0.29, 0.717) is 13.2 Å². The van der Waals surface area contributed by atoms with Crippen LogP contribution in [0.2, 0.25) is 0 Å². The van der Waals surface area contributed by atoms with E-state index < -0.39 is 6.10 Å². The van der Waals surface area contributed by atoms with Gasteiger partial charge in [-0.15, -0.1) is 0 Å². The third-order valence-corrected chi connectivity index (χ3v) is 4.64. The zero-order chi connectivity index (χ0) is 16.8. The van der Waals surface area contributed by atoms with Crippen LogP contribution in [0.4, 0.5) is 0 Å². The lowest BCUT2D eigenvalue weighted by Gasteiger charge is -2.28. The maximum atomic E-state index is 10.2. The molecule has 1 aliphatic rings. The van der Waals surface area contributed by atoms with Crippen LogP contribution < -0.4 is 4.74 Å². The van der Waals surface area contributed by atoms with E-state index in [4.69, 9.17) is 4.74 Å². The van der Waals surface area contributed by atoms with Crippen molar-refractivity contribution < 1.29 is 9.84 Å². The molecule has 1 unspecified atom stereocenters. The third kappa shape index (κ3) is 4.94. The van der Waals surface area contributed by atoms with Gasteiger partial charge in [-0.2, -0.15) is 0 Å². The molecule has 0 radical (unpaired) electrons. The predicted molar refractivity (Wildman–Crippen MR) is 101 cm³/mol. The molecular formula is C20H22BrNO2. The van der Waals surface area contributed by atoms with Crippen LogP contribution in [0.5, 0.6) is 5.75 Å². The van der Waals surface area contributed by atoms with Crippen molar-refractivity contribution in [1.29, 1.82) is 0 Å². The van der Waals surface area contributed by atoms with E-state index in [2.05, 4.69) is 51.2 Å². The molecule has 1 atom stereocenters. The highest BCUT2D eigenvalue weighted by Crippen LogP contribution is 2.22. The molecule has 0 aliphatic carbocycles. The predicted octanol–water partition coefficient (Wildman–Crippen LogP) is 3.98. The lowest BCUT2D eigenvalue weighted by molar-refractivity contribution is 0.0716. The maximum Gasteiger partial charge on any atom is 0.120 e. The van der Waals surface area contributed by atoms with Gasteiger partial charge < -0.3 is 9.84 Å². The number of β-amino-alcohol motifs (C(OH)–C–C–N with tert-alkyl or cyclic N) is 1. The summed E-state index contributed by atoms with van der Waals surface area (Å²) in [6.45, 7) is 2.78. The monoisotopic (exact) mass is 387 g/mol. The summed E-state index contributed by atoms with van der Waals surface area (Å²) in [6, 6.07) is 18.2. The van der Waals surface area contributed by atoms with Gasteiger partial charge in [0.05, 0.1) is 0 Å². The summed E-state index contributed by atoms with van der Waals surface area (Å²) in [5.41, 5.74) is 2.70. The normalized spacial score (nSPS) is 16.5. The van der Waals surface area contributed by atoms with E-state index in [1.165, 1.54) is 11.1 Å². The molecule has 24 heavy (non-hydrogen) atoms. The van der Waals surface area contributed by atoms with Gasteiger partial charge in [0.2, 0.25) is 0 Å². The Hall–Kier alpha value is -1.62. The lowest BCUT2D eigenvalue weighted by Crippen LogP contribution is -2.38. The highest BCUT2D eigenvalue weighted by Gasteiger charge is 2.16. The number of aliphatic hydroxyl groups excluding tert-OH is 1. The average Bonchev–Trinajstić information content (AvgIpc) is 2.61. The number of aliphatic hydroxyl groups is 1. The molecule has 0 saturated carbocycles. The third-order valence-electron chi connectivity index (χ3n) is 4.15. The fraction of sp³-hybridized carbons (Fsp3) is 0.300. The summed E-state index contributed by atoms with van der Waals surface area (Å²) in [5, 5.41) is 10.2. The van der Waals surface area contributed by atoms with E-state index in [1.54, 1.807) is 0 Å².